The van der Waals surface area contributed by atoms with Crippen molar-refractivity contribution in [2.75, 3.05) is 18.8 Å². The third kappa shape index (κ3) is 4.74. The van der Waals surface area contributed by atoms with Crippen LogP contribution in [-0.4, -0.2) is 44.5 Å². The average molecular weight is 434 g/mol. The number of likely N-dealkylation sites (tertiary alicyclic amines) is 1. The van der Waals surface area contributed by atoms with E-state index >= 15 is 0 Å². The molecule has 1 amide bonds. The van der Waals surface area contributed by atoms with E-state index in [1.165, 1.54) is 23.2 Å². The van der Waals surface area contributed by atoms with Gasteiger partial charge in [0.05, 0.1) is 10.9 Å². The molecule has 2 aliphatic rings. The zero-order valence-electron chi connectivity index (χ0n) is 16.5. The molecule has 1 atom stereocenters. The van der Waals surface area contributed by atoms with Crippen molar-refractivity contribution in [2.45, 2.75) is 56.2 Å². The zero-order chi connectivity index (χ0) is 20.2. The van der Waals surface area contributed by atoms with Crippen molar-refractivity contribution in [1.29, 1.82) is 0 Å². The molecule has 2 aliphatic heterocycles. The molecule has 1 aromatic carbocycles. The monoisotopic (exact) mass is 433 g/mol. The number of unbranched alkanes of at least 4 members (excludes halogenated alkanes) is 1. The first-order valence-corrected chi connectivity index (χ1v) is 12.8. The second kappa shape index (κ2) is 9.43. The van der Waals surface area contributed by atoms with Crippen molar-refractivity contribution in [3.63, 3.8) is 0 Å². The van der Waals surface area contributed by atoms with E-state index < -0.39 is 0 Å². The van der Waals surface area contributed by atoms with E-state index in [1.807, 2.05) is 26.5 Å². The molecule has 0 spiro atoms. The molecule has 29 heavy (non-hydrogen) atoms. The van der Waals surface area contributed by atoms with E-state index in [1.54, 1.807) is 24.3 Å². The van der Waals surface area contributed by atoms with Gasteiger partial charge >= 0.3 is 5.69 Å². The summed E-state index contributed by atoms with van der Waals surface area (Å²) in [4.78, 5) is 42.5. The Labute approximate surface area is 177 Å². The van der Waals surface area contributed by atoms with Gasteiger partial charge in [0.25, 0.3) is 5.56 Å². The summed E-state index contributed by atoms with van der Waals surface area (Å²) in [7, 11) is 3.96. The van der Waals surface area contributed by atoms with Gasteiger partial charge in [0.2, 0.25) is 5.91 Å². The van der Waals surface area contributed by atoms with Crippen LogP contribution >= 0.6 is 21.6 Å². The number of rotatable bonds is 6. The summed E-state index contributed by atoms with van der Waals surface area (Å²) in [5, 5.41) is 1.30. The molecule has 2 aromatic rings. The number of benzene rings is 1. The molecule has 1 unspecified atom stereocenters. The van der Waals surface area contributed by atoms with Gasteiger partial charge < -0.3 is 9.88 Å². The molecule has 3 heterocycles. The molecule has 8 heteroatoms. The number of para-hydroxylation sites is 1. The van der Waals surface area contributed by atoms with E-state index in [-0.39, 0.29) is 23.2 Å². The number of H-pyrrole nitrogens is 1. The fourth-order valence-corrected chi connectivity index (χ4v) is 7.28. The lowest BCUT2D eigenvalue weighted by molar-refractivity contribution is -0.132. The molecule has 2 fully saturated rings. The van der Waals surface area contributed by atoms with Crippen LogP contribution in [0.15, 0.2) is 33.9 Å². The number of carbonyl (C=O) groups excluding carboxylic acids is 1. The third-order valence-corrected chi connectivity index (χ3v) is 8.92. The summed E-state index contributed by atoms with van der Waals surface area (Å²) < 4.78 is 1.35. The molecule has 1 aromatic heterocycles. The minimum atomic E-state index is -0.360. The number of hydrogen-bond donors (Lipinski definition) is 1. The van der Waals surface area contributed by atoms with Crippen molar-refractivity contribution >= 4 is 38.4 Å². The van der Waals surface area contributed by atoms with Crippen LogP contribution in [0.5, 0.6) is 0 Å². The lowest BCUT2D eigenvalue weighted by Crippen LogP contribution is -2.45. The van der Waals surface area contributed by atoms with Crippen molar-refractivity contribution < 1.29 is 4.79 Å². The maximum atomic E-state index is 12.8. The summed E-state index contributed by atoms with van der Waals surface area (Å²) in [5.41, 5.74) is -0.0283. The average Bonchev–Trinajstić information content (AvgIpc) is 3.25. The van der Waals surface area contributed by atoms with E-state index in [0.29, 0.717) is 43.3 Å². The number of carbonyl (C=O) groups is 1. The molecular formula is C21H27N3O3S2. The molecule has 4 rings (SSSR count). The van der Waals surface area contributed by atoms with Gasteiger partial charge in [0.15, 0.2) is 0 Å². The summed E-state index contributed by atoms with van der Waals surface area (Å²) >= 11 is 0. The SMILES string of the molecule is O=C(CCCCC1CCSS1)N1CCC(n2c(=O)[nH]c3ccccc3c2=O)CC1. The Kier molecular flexibility index (Phi) is 6.70. The van der Waals surface area contributed by atoms with Crippen LogP contribution in [-0.2, 0) is 4.79 Å². The number of nitrogens with zero attached hydrogens (tertiary/aromatic N) is 2. The summed E-state index contributed by atoms with van der Waals surface area (Å²) in [5.74, 6) is 1.46. The minimum absolute atomic E-state index is 0.156. The number of hydrogen-bond acceptors (Lipinski definition) is 5. The van der Waals surface area contributed by atoms with Crippen LogP contribution in [0.3, 0.4) is 0 Å². The number of piperidine rings is 1. The standard InChI is InChI=1S/C21H27N3O3S2/c25-19(8-4-1-5-16-11-14-28-29-16)23-12-9-15(10-13-23)24-20(26)17-6-2-3-7-18(17)22-21(24)27/h2-3,6-7,15-16H,1,4-5,8-14H2,(H,22,27). The highest BCUT2D eigenvalue weighted by atomic mass is 33.1. The normalized spacial score (nSPS) is 20.4. The van der Waals surface area contributed by atoms with Crippen molar-refractivity contribution in [1.82, 2.24) is 14.5 Å². The molecule has 156 valence electrons. The first-order valence-electron chi connectivity index (χ1n) is 10.4. The molecule has 2 saturated heterocycles. The van der Waals surface area contributed by atoms with Gasteiger partial charge in [-0.05, 0) is 44.2 Å². The molecule has 0 saturated carbocycles. The fourth-order valence-electron chi connectivity index (χ4n) is 4.25. The van der Waals surface area contributed by atoms with Crippen LogP contribution in [0.2, 0.25) is 0 Å². The van der Waals surface area contributed by atoms with Gasteiger partial charge in [-0.25, -0.2) is 4.79 Å². The van der Waals surface area contributed by atoms with Gasteiger partial charge in [-0.1, -0.05) is 40.1 Å². The van der Waals surface area contributed by atoms with Gasteiger partial charge in [-0.2, -0.15) is 0 Å². The van der Waals surface area contributed by atoms with Crippen molar-refractivity contribution in [3.8, 4) is 0 Å². The second-order valence-electron chi connectivity index (χ2n) is 7.84. The number of nitrogens with one attached hydrogen (secondary N) is 1. The van der Waals surface area contributed by atoms with Crippen molar-refractivity contribution in [3.05, 3.63) is 45.1 Å². The molecular weight excluding hydrogens is 406 g/mol. The Morgan fingerprint density at radius 2 is 1.90 bits per heavy atom. The number of aromatic nitrogens is 2. The third-order valence-electron chi connectivity index (χ3n) is 5.91. The maximum Gasteiger partial charge on any atom is 0.329 e. The van der Waals surface area contributed by atoms with Gasteiger partial charge in [-0.15, -0.1) is 0 Å². The lowest BCUT2D eigenvalue weighted by Gasteiger charge is -2.32. The Balaban J connectivity index is 1.31. The Morgan fingerprint density at radius 1 is 1.10 bits per heavy atom. The maximum absolute atomic E-state index is 12.8. The zero-order valence-corrected chi connectivity index (χ0v) is 18.1. The van der Waals surface area contributed by atoms with Gasteiger partial charge in [-0.3, -0.25) is 14.2 Å². The van der Waals surface area contributed by atoms with E-state index in [9.17, 15) is 14.4 Å². The summed E-state index contributed by atoms with van der Waals surface area (Å²) in [6.07, 6.45) is 6.45. The van der Waals surface area contributed by atoms with Gasteiger partial charge in [0, 0.05) is 36.6 Å². The van der Waals surface area contributed by atoms with E-state index in [0.717, 1.165) is 18.1 Å². The number of aromatic amines is 1. The summed E-state index contributed by atoms with van der Waals surface area (Å²) in [6.45, 7) is 1.22. The highest BCUT2D eigenvalue weighted by molar-refractivity contribution is 8.77. The topological polar surface area (TPSA) is 75.2 Å². The van der Waals surface area contributed by atoms with E-state index in [2.05, 4.69) is 4.98 Å². The van der Waals surface area contributed by atoms with Crippen molar-refractivity contribution in [2.24, 2.45) is 0 Å². The Bertz CT molecular complexity index is 973. The predicted octanol–water partition coefficient (Wildman–Crippen LogP) is 3.57. The number of amides is 1. The first kappa shape index (κ1) is 20.6. The van der Waals surface area contributed by atoms with Crippen LogP contribution in [0, 0.1) is 0 Å². The largest absolute Gasteiger partial charge is 0.343 e. The quantitative estimate of drug-likeness (QED) is 0.557. The second-order valence-corrected chi connectivity index (χ2v) is 10.6. The van der Waals surface area contributed by atoms with E-state index in [4.69, 9.17) is 0 Å². The molecule has 6 nitrogen and oxygen atoms in total. The van der Waals surface area contributed by atoms with Gasteiger partial charge in [0.1, 0.15) is 0 Å². The van der Waals surface area contributed by atoms with Crippen LogP contribution in [0.1, 0.15) is 51.0 Å². The highest BCUT2D eigenvalue weighted by Gasteiger charge is 2.26. The molecule has 0 bridgehead atoms. The fraction of sp³-hybridized carbons (Fsp3) is 0.571. The predicted molar refractivity (Wildman–Crippen MR) is 121 cm³/mol. The first-order chi connectivity index (χ1) is 14.1. The molecule has 0 aliphatic carbocycles. The highest BCUT2D eigenvalue weighted by Crippen LogP contribution is 2.39. The smallest absolute Gasteiger partial charge is 0.329 e. The van der Waals surface area contributed by atoms with Crippen LogP contribution < -0.4 is 11.2 Å². The Hall–Kier alpha value is -1.67. The Morgan fingerprint density at radius 3 is 2.66 bits per heavy atom. The lowest BCUT2D eigenvalue weighted by atomic mass is 10.0. The summed E-state index contributed by atoms with van der Waals surface area (Å²) in [6, 6.07) is 6.94. The number of fused-ring (bicyclic) bond motifs is 1. The van der Waals surface area contributed by atoms with Crippen LogP contribution in [0.25, 0.3) is 10.9 Å². The molecule has 0 radical (unpaired) electrons. The molecule has 1 N–H and O–H groups in total. The van der Waals surface area contributed by atoms with Crippen LogP contribution in [0.4, 0.5) is 0 Å². The minimum Gasteiger partial charge on any atom is -0.343 e.